The molecule has 2 aromatic heterocycles. The highest BCUT2D eigenvalue weighted by molar-refractivity contribution is 7.94. The Kier molecular flexibility index (Phi) is 3.78. The number of aromatic nitrogens is 1. The molecule has 20 heavy (non-hydrogen) atoms. The van der Waals surface area contributed by atoms with Crippen molar-refractivity contribution >= 4 is 33.1 Å². The molecule has 0 aliphatic carbocycles. The summed E-state index contributed by atoms with van der Waals surface area (Å²) in [5.41, 5.74) is -0.160. The van der Waals surface area contributed by atoms with Crippen LogP contribution in [0.15, 0.2) is 34.7 Å². The van der Waals surface area contributed by atoms with E-state index in [1.54, 1.807) is 13.0 Å². The van der Waals surface area contributed by atoms with Gasteiger partial charge in [-0.2, -0.15) is 0 Å². The molecule has 0 saturated heterocycles. The Morgan fingerprint density at radius 1 is 1.35 bits per heavy atom. The highest BCUT2D eigenvalue weighted by atomic mass is 32.2. The summed E-state index contributed by atoms with van der Waals surface area (Å²) in [6, 6.07) is 5.95. The lowest BCUT2D eigenvalue weighted by atomic mass is 10.2. The van der Waals surface area contributed by atoms with Gasteiger partial charge in [0.25, 0.3) is 10.0 Å². The van der Waals surface area contributed by atoms with Crippen LogP contribution < -0.4 is 4.31 Å². The van der Waals surface area contributed by atoms with Gasteiger partial charge in [-0.1, -0.05) is 0 Å². The third-order valence-electron chi connectivity index (χ3n) is 2.65. The number of sulfonamides is 1. The van der Waals surface area contributed by atoms with Crippen molar-refractivity contribution in [2.45, 2.75) is 11.1 Å². The first kappa shape index (κ1) is 14.5. The average molecular weight is 312 g/mol. The number of hydrogen-bond acceptors (Lipinski definition) is 5. The number of rotatable bonds is 4. The molecule has 2 aromatic rings. The maximum absolute atomic E-state index is 12.4. The Bertz CT molecular complexity index is 752. The van der Waals surface area contributed by atoms with Gasteiger partial charge in [0.15, 0.2) is 5.82 Å². The summed E-state index contributed by atoms with van der Waals surface area (Å²) in [6.45, 7) is 1.80. The molecule has 0 atom stereocenters. The first-order valence-electron chi connectivity index (χ1n) is 5.57. The fourth-order valence-corrected chi connectivity index (χ4v) is 4.24. The van der Waals surface area contributed by atoms with E-state index in [-0.39, 0.29) is 15.6 Å². The molecule has 0 bridgehead atoms. The van der Waals surface area contributed by atoms with E-state index in [1.807, 2.05) is 0 Å². The molecule has 0 fully saturated rings. The van der Waals surface area contributed by atoms with Crippen LogP contribution in [0.3, 0.4) is 0 Å². The van der Waals surface area contributed by atoms with Crippen LogP contribution in [0.1, 0.15) is 15.2 Å². The molecule has 1 N–H and O–H groups in total. The van der Waals surface area contributed by atoms with Crippen LogP contribution in [0, 0.1) is 6.92 Å². The Labute approximate surface area is 120 Å². The van der Waals surface area contributed by atoms with E-state index >= 15 is 0 Å². The molecule has 0 unspecified atom stereocenters. The normalized spacial score (nSPS) is 11.3. The van der Waals surface area contributed by atoms with E-state index in [2.05, 4.69) is 4.98 Å². The van der Waals surface area contributed by atoms with Crippen molar-refractivity contribution in [3.05, 3.63) is 40.9 Å². The third kappa shape index (κ3) is 2.52. The van der Waals surface area contributed by atoms with Crippen LogP contribution in [0.25, 0.3) is 0 Å². The second-order valence-corrected chi connectivity index (χ2v) is 7.50. The maximum atomic E-state index is 12.4. The summed E-state index contributed by atoms with van der Waals surface area (Å²) in [5.74, 6) is -1.33. The molecule has 2 heterocycles. The molecule has 0 spiro atoms. The summed E-state index contributed by atoms with van der Waals surface area (Å²) in [4.78, 5) is 15.9. The number of thiophene rings is 1. The number of aryl methyl sites for hydroxylation is 1. The molecule has 0 aromatic carbocycles. The fraction of sp³-hybridized carbons (Fsp3) is 0.167. The monoisotopic (exact) mass is 312 g/mol. The van der Waals surface area contributed by atoms with Crippen molar-refractivity contribution in [1.29, 1.82) is 0 Å². The van der Waals surface area contributed by atoms with Crippen LogP contribution >= 0.6 is 11.3 Å². The minimum Gasteiger partial charge on any atom is -0.478 e. The molecular formula is C12H12N2O4S2. The first-order chi connectivity index (χ1) is 9.34. The summed E-state index contributed by atoms with van der Waals surface area (Å²) in [7, 11) is -2.51. The van der Waals surface area contributed by atoms with Gasteiger partial charge in [-0.15, -0.1) is 11.3 Å². The summed E-state index contributed by atoms with van der Waals surface area (Å²) >= 11 is 1.13. The molecule has 0 radical (unpaired) electrons. The molecule has 106 valence electrons. The number of aromatic carboxylic acids is 1. The SMILES string of the molecule is Cc1ccc(S(=O)(=O)N(C)c2ncccc2C(=O)O)s1. The summed E-state index contributed by atoms with van der Waals surface area (Å²) < 4.78 is 25.9. The smallest absolute Gasteiger partial charge is 0.339 e. The van der Waals surface area contributed by atoms with Crippen LogP contribution in [-0.2, 0) is 10.0 Å². The quantitative estimate of drug-likeness (QED) is 0.932. The van der Waals surface area contributed by atoms with E-state index in [0.717, 1.165) is 20.5 Å². The zero-order chi connectivity index (χ0) is 14.9. The van der Waals surface area contributed by atoms with Crippen LogP contribution in [-0.4, -0.2) is 31.5 Å². The number of pyridine rings is 1. The van der Waals surface area contributed by atoms with Crippen molar-refractivity contribution in [2.24, 2.45) is 0 Å². The Hall–Kier alpha value is -1.93. The van der Waals surface area contributed by atoms with Gasteiger partial charge in [-0.05, 0) is 31.2 Å². The van der Waals surface area contributed by atoms with Crippen molar-refractivity contribution in [2.75, 3.05) is 11.4 Å². The molecule has 0 aliphatic heterocycles. The first-order valence-corrected chi connectivity index (χ1v) is 7.83. The van der Waals surface area contributed by atoms with Gasteiger partial charge in [0.05, 0.1) is 0 Å². The number of carbonyl (C=O) groups is 1. The van der Waals surface area contributed by atoms with E-state index in [9.17, 15) is 13.2 Å². The predicted molar refractivity (Wildman–Crippen MR) is 75.8 cm³/mol. The topological polar surface area (TPSA) is 87.6 Å². The van der Waals surface area contributed by atoms with Gasteiger partial charge in [-0.25, -0.2) is 18.2 Å². The zero-order valence-corrected chi connectivity index (χ0v) is 12.4. The van der Waals surface area contributed by atoms with Crippen molar-refractivity contribution in [1.82, 2.24) is 4.98 Å². The van der Waals surface area contributed by atoms with Gasteiger partial charge in [0.1, 0.15) is 9.77 Å². The molecule has 0 amide bonds. The highest BCUT2D eigenvalue weighted by Crippen LogP contribution is 2.27. The second kappa shape index (κ2) is 5.22. The van der Waals surface area contributed by atoms with Gasteiger partial charge < -0.3 is 5.11 Å². The van der Waals surface area contributed by atoms with Crippen LogP contribution in [0.5, 0.6) is 0 Å². The van der Waals surface area contributed by atoms with E-state index in [4.69, 9.17) is 5.11 Å². The van der Waals surface area contributed by atoms with Gasteiger partial charge >= 0.3 is 5.97 Å². The molecular weight excluding hydrogens is 300 g/mol. The predicted octanol–water partition coefficient (Wildman–Crippen LogP) is 1.97. The van der Waals surface area contributed by atoms with E-state index in [0.29, 0.717) is 0 Å². The maximum Gasteiger partial charge on any atom is 0.339 e. The van der Waals surface area contributed by atoms with Crippen LogP contribution in [0.4, 0.5) is 5.82 Å². The largest absolute Gasteiger partial charge is 0.478 e. The molecule has 0 saturated carbocycles. The van der Waals surface area contributed by atoms with E-state index < -0.39 is 16.0 Å². The number of nitrogens with zero attached hydrogens (tertiary/aromatic N) is 2. The lowest BCUT2D eigenvalue weighted by Gasteiger charge is -2.18. The lowest BCUT2D eigenvalue weighted by molar-refractivity contribution is 0.0697. The Morgan fingerprint density at radius 3 is 2.60 bits per heavy atom. The van der Waals surface area contributed by atoms with Crippen LogP contribution in [0.2, 0.25) is 0 Å². The highest BCUT2D eigenvalue weighted by Gasteiger charge is 2.27. The number of hydrogen-bond donors (Lipinski definition) is 1. The minimum absolute atomic E-state index is 0.106. The van der Waals surface area contributed by atoms with E-state index in [1.165, 1.54) is 31.4 Å². The lowest BCUT2D eigenvalue weighted by Crippen LogP contribution is -2.28. The fourth-order valence-electron chi connectivity index (χ4n) is 1.61. The number of carboxylic acids is 1. The Balaban J connectivity index is 2.51. The molecule has 6 nitrogen and oxygen atoms in total. The molecule has 2 rings (SSSR count). The summed E-state index contributed by atoms with van der Waals surface area (Å²) in [6.07, 6.45) is 1.35. The zero-order valence-electron chi connectivity index (χ0n) is 10.8. The Morgan fingerprint density at radius 2 is 2.05 bits per heavy atom. The second-order valence-electron chi connectivity index (χ2n) is 4.02. The number of anilines is 1. The minimum atomic E-state index is -3.80. The third-order valence-corrected chi connectivity index (χ3v) is 5.86. The standard InChI is InChI=1S/C12H12N2O4S2/c1-8-5-6-10(19-8)20(17,18)14(2)11-9(12(15)16)4-3-7-13-11/h3-7H,1-2H3,(H,15,16). The van der Waals surface area contributed by atoms with Crippen molar-refractivity contribution in [3.63, 3.8) is 0 Å². The van der Waals surface area contributed by atoms with Crippen molar-refractivity contribution < 1.29 is 18.3 Å². The summed E-state index contributed by atoms with van der Waals surface area (Å²) in [5, 5.41) is 9.10. The van der Waals surface area contributed by atoms with Gasteiger partial charge in [-0.3, -0.25) is 4.31 Å². The van der Waals surface area contributed by atoms with Crippen molar-refractivity contribution in [3.8, 4) is 0 Å². The number of carboxylic acid groups (broad SMARTS) is 1. The average Bonchev–Trinajstić information content (AvgIpc) is 2.85. The molecule has 0 aliphatic rings. The molecule has 8 heteroatoms. The van der Waals surface area contributed by atoms with Gasteiger partial charge in [0, 0.05) is 18.1 Å². The van der Waals surface area contributed by atoms with Gasteiger partial charge in [0.2, 0.25) is 0 Å².